The lowest BCUT2D eigenvalue weighted by molar-refractivity contribution is -0.148. The van der Waals surface area contributed by atoms with E-state index < -0.39 is 9.95 Å². The number of likely N-dealkylation sites (tertiary alicyclic amines) is 3. The minimum atomic E-state index is -1.91. The average Bonchev–Trinajstić information content (AvgIpc) is 1.60. The largest absolute Gasteiger partial charge is 0.482 e. The van der Waals surface area contributed by atoms with Gasteiger partial charge in [0.05, 0.1) is 6.10 Å². The quantitative estimate of drug-likeness (QED) is 0.0251. The van der Waals surface area contributed by atoms with Crippen molar-refractivity contribution in [3.63, 3.8) is 0 Å². The van der Waals surface area contributed by atoms with E-state index in [1.54, 1.807) is 0 Å². The van der Waals surface area contributed by atoms with Crippen molar-refractivity contribution in [2.24, 2.45) is 47.3 Å². The predicted octanol–water partition coefficient (Wildman–Crippen LogP) is 18.2. The Balaban J connectivity index is 0.000000196. The summed E-state index contributed by atoms with van der Waals surface area (Å²) < 4.78 is 31.4. The molecule has 2 saturated carbocycles. The minimum Gasteiger partial charge on any atom is -0.482 e. The average molecular weight is 1500 g/mol. The molecule has 2 N–H and O–H groups in total. The van der Waals surface area contributed by atoms with Gasteiger partial charge in [0.15, 0.2) is 13.2 Å². The van der Waals surface area contributed by atoms with Crippen LogP contribution in [0.2, 0.25) is 0 Å². The van der Waals surface area contributed by atoms with Gasteiger partial charge in [-0.25, -0.2) is 14.4 Å². The Hall–Kier alpha value is -5.13. The van der Waals surface area contributed by atoms with Gasteiger partial charge in [0, 0.05) is 32.1 Å². The van der Waals surface area contributed by atoms with Crippen LogP contribution in [0.4, 0.5) is 4.79 Å². The van der Waals surface area contributed by atoms with Crippen LogP contribution in [0.25, 0.3) is 0 Å². The van der Waals surface area contributed by atoms with Crippen LogP contribution in [-0.4, -0.2) is 138 Å². The number of carbonyl (C=O) groups excluding carboxylic acids is 4. The smallest absolute Gasteiger partial charge is 0.410 e. The van der Waals surface area contributed by atoms with E-state index in [9.17, 15) is 24.3 Å². The molecule has 18 heteroatoms. The Morgan fingerprint density at radius 3 is 1.46 bits per heavy atom. The molecule has 4 heterocycles. The number of piperidine rings is 4. The maximum absolute atomic E-state index is 13.4. The lowest BCUT2D eigenvalue weighted by Gasteiger charge is -2.40. The summed E-state index contributed by atoms with van der Waals surface area (Å²) in [5, 5.41) is 13.9. The van der Waals surface area contributed by atoms with E-state index in [2.05, 4.69) is 71.8 Å². The molecule has 10 atom stereocenters. The van der Waals surface area contributed by atoms with Gasteiger partial charge in [0.25, 0.3) is 0 Å². The van der Waals surface area contributed by atoms with Crippen LogP contribution < -0.4 is 14.8 Å². The number of hydrogen-bond donors (Lipinski definition) is 2. The Morgan fingerprint density at radius 2 is 1.01 bits per heavy atom. The number of benzene rings is 4. The number of ether oxygens (including phenoxy) is 6. The van der Waals surface area contributed by atoms with Gasteiger partial charge in [-0.15, -0.1) is 0 Å². The molecule has 0 aromatic heterocycles. The molecule has 4 aromatic carbocycles. The highest BCUT2D eigenvalue weighted by atomic mass is 35.6. The number of esters is 3. The molecule has 15 nitrogen and oxygen atoms in total. The Bertz CT molecular complexity index is 3150. The molecule has 1 amide bonds. The van der Waals surface area contributed by atoms with Crippen molar-refractivity contribution in [1.29, 1.82) is 0 Å². The molecule has 0 radical (unpaired) electrons. The van der Waals surface area contributed by atoms with Crippen molar-refractivity contribution in [2.75, 3.05) is 65.6 Å². The zero-order valence-corrected chi connectivity index (χ0v) is 65.7. The van der Waals surface area contributed by atoms with Crippen molar-refractivity contribution in [1.82, 2.24) is 20.0 Å². The lowest BCUT2D eigenvalue weighted by Crippen LogP contribution is -2.48. The van der Waals surface area contributed by atoms with E-state index in [-0.39, 0.29) is 56.7 Å². The summed E-state index contributed by atoms with van der Waals surface area (Å²) in [5.74, 6) is 5.60. The number of fused-ring (bicyclic) bond motifs is 4. The number of carbonyl (C=O) groups is 4. The van der Waals surface area contributed by atoms with Gasteiger partial charge in [-0.05, 0) is 302 Å². The van der Waals surface area contributed by atoms with E-state index in [0.717, 1.165) is 139 Å². The fourth-order valence-electron chi connectivity index (χ4n) is 18.5. The molecule has 8 aliphatic rings. The predicted molar refractivity (Wildman–Crippen MR) is 416 cm³/mol. The van der Waals surface area contributed by atoms with Gasteiger partial charge >= 0.3 is 28.0 Å². The number of unbranched alkanes of at least 4 members (excludes halogenated alkanes) is 4. The van der Waals surface area contributed by atoms with Crippen LogP contribution in [0.1, 0.15) is 222 Å². The first kappa shape index (κ1) is 82.9. The summed E-state index contributed by atoms with van der Waals surface area (Å²) in [6.45, 7) is 20.1. The minimum absolute atomic E-state index is 0.00245. The fourth-order valence-corrected chi connectivity index (χ4v) is 18.8. The summed E-state index contributed by atoms with van der Waals surface area (Å²) in [6, 6.07) is 33.6. The third kappa shape index (κ3) is 26.9. The number of halogens is 3. The van der Waals surface area contributed by atoms with Crippen molar-refractivity contribution in [2.45, 2.75) is 256 Å². The molecule has 576 valence electrons. The van der Waals surface area contributed by atoms with Crippen LogP contribution >= 0.6 is 34.8 Å². The van der Waals surface area contributed by atoms with E-state index in [1.165, 1.54) is 151 Å². The second kappa shape index (κ2) is 43.8. The first-order chi connectivity index (χ1) is 50.4. The van der Waals surface area contributed by atoms with Crippen LogP contribution in [0.15, 0.2) is 97.1 Å². The zero-order valence-electron chi connectivity index (χ0n) is 63.5. The number of nitrogens with one attached hydrogen (secondary N) is 1. The summed E-state index contributed by atoms with van der Waals surface area (Å²) in [7, 11) is 0. The topological polar surface area (TPSA) is 166 Å². The van der Waals surface area contributed by atoms with E-state index in [0.29, 0.717) is 53.4 Å². The summed E-state index contributed by atoms with van der Waals surface area (Å²) >= 11 is 15.0. The highest BCUT2D eigenvalue weighted by molar-refractivity contribution is 6.66. The van der Waals surface area contributed by atoms with Crippen LogP contribution in [0.5, 0.6) is 11.5 Å². The summed E-state index contributed by atoms with van der Waals surface area (Å²) in [6.07, 6.45) is 32.7. The Labute approximate surface area is 638 Å². The van der Waals surface area contributed by atoms with Gasteiger partial charge < -0.3 is 53.5 Å². The molecular weight excluding hydrogens is 1370 g/mol. The number of alkyl halides is 3. The second-order valence-electron chi connectivity index (χ2n) is 31.3. The third-order valence-corrected chi connectivity index (χ3v) is 24.1. The number of rotatable bonds is 27. The molecular formula is C86H125Cl3N4O11. The van der Waals surface area contributed by atoms with Crippen LogP contribution in [-0.2, 0) is 72.2 Å². The zero-order chi connectivity index (χ0) is 73.6. The number of nitrogens with zero attached hydrogens (tertiary/aromatic N) is 3. The standard InChI is InChI=1S/C42H60N2O5.C31H42O4.C10H20N2.C3H3Cl3O2/c1-3-4-7-16-36(49-42(46)44-24-20-35(21-25-44)43-22-10-6-11-23-43)18-19-37-31(2)26-34-28-39-33(27-38(34)37)15-12-17-40(39)47-30-41(45)48-29-32-13-8-5-9-14-32;1-3-4-6-13-26(32)15-16-27-22(2)17-25-19-29-24(18-28(25)27)12-9-14-30(29)34-21-31(33)35-20-23-10-7-5-8-11-23;1-2-8-12(9-3-1)10-4-6-11-7-5-10;1-2(7)8-3(4,5)6/h5,8-9,12-15,17,31,34-38H,3-4,6-7,10-11,16,18-30H2,1-2H3;5,7-12,14,22,25-28,32H,3-4,6,13,15-21H2,1-2H3;10-11H,1-9H2;1H3/t31-,34-,36+,37+,38+;22-,25-,26+,27+,28+;;/m11../s1. The SMILES string of the molecule is C1CCN(C2CCNCC2)CC1.CC(=O)OC(Cl)(Cl)Cl.CCCCC[C@@H](CC[C@@H]1[C@H]2Cc3cccc(OCC(=O)OCc4ccccc4)c3C[C@H]2C[C@H]1C)OC(=O)N1CCC(N2CCCCC2)CC1.CCCCC[C@H](O)CC[C@@H]1[C@H]2Cc3cccc(OCC(=O)OCc4ccccc4)c3C[C@H]2C[C@H]1C. The van der Waals surface area contributed by atoms with Crippen LogP contribution in [0, 0.1) is 47.3 Å². The number of hydrogen-bond acceptors (Lipinski definition) is 14. The van der Waals surface area contributed by atoms with Crippen LogP contribution in [0.3, 0.4) is 0 Å². The first-order valence-corrected chi connectivity index (χ1v) is 41.5. The highest BCUT2D eigenvalue weighted by Crippen LogP contribution is 2.53. The first-order valence-electron chi connectivity index (χ1n) is 40.4. The normalized spacial score (nSPS) is 24.0. The van der Waals surface area contributed by atoms with E-state index in [1.807, 2.05) is 77.7 Å². The molecule has 0 spiro atoms. The molecule has 4 aliphatic heterocycles. The molecule has 0 unspecified atom stereocenters. The van der Waals surface area contributed by atoms with Crippen molar-refractivity contribution < 1.29 is 52.7 Å². The molecule has 4 saturated heterocycles. The number of aliphatic hydroxyl groups is 1. The molecule has 104 heavy (non-hydrogen) atoms. The number of aliphatic hydroxyl groups excluding tert-OH is 1. The van der Waals surface area contributed by atoms with Crippen molar-refractivity contribution in [3.05, 3.63) is 130 Å². The summed E-state index contributed by atoms with van der Waals surface area (Å²) in [4.78, 5) is 55.5. The molecule has 6 fully saturated rings. The third-order valence-electron chi connectivity index (χ3n) is 23.9. The van der Waals surface area contributed by atoms with E-state index in [4.69, 9.17) is 58.5 Å². The van der Waals surface area contributed by atoms with Gasteiger partial charge in [-0.2, -0.15) is 0 Å². The molecule has 12 rings (SSSR count). The van der Waals surface area contributed by atoms with Crippen molar-refractivity contribution in [3.8, 4) is 11.5 Å². The monoisotopic (exact) mass is 1490 g/mol. The van der Waals surface area contributed by atoms with E-state index >= 15 is 0 Å². The van der Waals surface area contributed by atoms with Gasteiger partial charge in [-0.1, -0.05) is 158 Å². The molecule has 4 aliphatic carbocycles. The fraction of sp³-hybridized carbons (Fsp3) is 0.674. The van der Waals surface area contributed by atoms with Gasteiger partial charge in [-0.3, -0.25) is 4.79 Å². The maximum Gasteiger partial charge on any atom is 0.410 e. The van der Waals surface area contributed by atoms with Gasteiger partial charge in [0.2, 0.25) is 0 Å². The maximum atomic E-state index is 13.4. The second-order valence-corrected chi connectivity index (χ2v) is 33.5. The molecule has 0 bridgehead atoms. The highest BCUT2D eigenvalue weighted by Gasteiger charge is 2.46. The Morgan fingerprint density at radius 1 is 0.548 bits per heavy atom. The van der Waals surface area contributed by atoms with Crippen molar-refractivity contribution >= 4 is 58.8 Å². The number of amides is 1. The Kier molecular flexibility index (Phi) is 34.9. The summed E-state index contributed by atoms with van der Waals surface area (Å²) in [5.41, 5.74) is 7.21. The lowest BCUT2D eigenvalue weighted by atomic mass is 9.73. The van der Waals surface area contributed by atoms with Gasteiger partial charge in [0.1, 0.15) is 30.8 Å². The molecule has 4 aromatic rings.